The highest BCUT2D eigenvalue weighted by molar-refractivity contribution is 6.04. The number of amides is 3. The lowest BCUT2D eigenvalue weighted by Crippen LogP contribution is -2.56. The zero-order valence-corrected chi connectivity index (χ0v) is 23.7. The van der Waals surface area contributed by atoms with Crippen LogP contribution in [0, 0.1) is 0 Å². The van der Waals surface area contributed by atoms with Crippen LogP contribution < -0.4 is 4.74 Å². The molecule has 8 nitrogen and oxygen atoms in total. The van der Waals surface area contributed by atoms with E-state index in [-0.39, 0.29) is 17.9 Å². The molecule has 0 radical (unpaired) electrons. The van der Waals surface area contributed by atoms with Crippen LogP contribution in [0.5, 0.6) is 5.75 Å². The zero-order valence-electron chi connectivity index (χ0n) is 23.7. The molecule has 0 aliphatic carbocycles. The smallest absolute Gasteiger partial charge is 0.338 e. The third-order valence-electron chi connectivity index (χ3n) is 7.64. The quantitative estimate of drug-likeness (QED) is 0.287. The summed E-state index contributed by atoms with van der Waals surface area (Å²) in [6, 6.07) is 23.1. The van der Waals surface area contributed by atoms with Crippen molar-refractivity contribution in [2.75, 3.05) is 13.6 Å². The molecule has 1 aromatic heterocycles. The third kappa shape index (κ3) is 5.06. The maximum atomic E-state index is 13.3. The molecule has 1 fully saturated rings. The molecule has 0 unspecified atom stereocenters. The van der Waals surface area contributed by atoms with E-state index in [1.807, 2.05) is 81.4 Å². The molecule has 210 valence electrons. The molecule has 1 atom stereocenters. The molecule has 2 aliphatic rings. The monoisotopic (exact) mass is 551 g/mol. The van der Waals surface area contributed by atoms with Gasteiger partial charge in [0.25, 0.3) is 0 Å². The largest absolute Gasteiger partial charge is 0.489 e. The second kappa shape index (κ2) is 10.1. The number of hydrogen-bond acceptors (Lipinski definition) is 5. The van der Waals surface area contributed by atoms with Gasteiger partial charge in [0.1, 0.15) is 18.0 Å². The molecule has 2 aliphatic heterocycles. The van der Waals surface area contributed by atoms with Crippen molar-refractivity contribution in [1.82, 2.24) is 14.4 Å². The van der Waals surface area contributed by atoms with Crippen molar-refractivity contribution in [3.63, 3.8) is 0 Å². The van der Waals surface area contributed by atoms with E-state index >= 15 is 0 Å². The van der Waals surface area contributed by atoms with Gasteiger partial charge in [-0.15, -0.1) is 0 Å². The van der Waals surface area contributed by atoms with Crippen molar-refractivity contribution in [3.8, 4) is 5.75 Å². The molecular formula is C33H33N3O5. The lowest BCUT2D eigenvalue weighted by molar-refractivity contribution is -0.132. The second-order valence-corrected chi connectivity index (χ2v) is 11.7. The van der Waals surface area contributed by atoms with Crippen LogP contribution in [-0.2, 0) is 29.2 Å². The van der Waals surface area contributed by atoms with Crippen LogP contribution in [0.2, 0.25) is 0 Å². The minimum absolute atomic E-state index is 0.191. The summed E-state index contributed by atoms with van der Waals surface area (Å²) < 4.78 is 13.8. The van der Waals surface area contributed by atoms with E-state index in [0.29, 0.717) is 31.8 Å². The topological polar surface area (TPSA) is 81.1 Å². The van der Waals surface area contributed by atoms with Gasteiger partial charge in [-0.2, -0.15) is 0 Å². The summed E-state index contributed by atoms with van der Waals surface area (Å²) in [5.41, 5.74) is 4.85. The van der Waals surface area contributed by atoms with Crippen LogP contribution in [0.1, 0.15) is 59.4 Å². The third-order valence-corrected chi connectivity index (χ3v) is 7.64. The Morgan fingerprint density at radius 3 is 2.39 bits per heavy atom. The molecule has 41 heavy (non-hydrogen) atoms. The first kappa shape index (κ1) is 26.6. The predicted molar refractivity (Wildman–Crippen MR) is 155 cm³/mol. The van der Waals surface area contributed by atoms with Gasteiger partial charge in [0.05, 0.1) is 18.0 Å². The summed E-state index contributed by atoms with van der Waals surface area (Å²) >= 11 is 0. The summed E-state index contributed by atoms with van der Waals surface area (Å²) in [6.07, 6.45) is 0. The SMILES string of the molecule is CN1C(=O)[C@H]2CN(Cc3c2c2cc(OCc4ccccc4)ccc2n3Cc2ccc(C(=O)OC(C)(C)C)cc2)C1=O. The van der Waals surface area contributed by atoms with E-state index in [1.165, 1.54) is 4.90 Å². The van der Waals surface area contributed by atoms with E-state index in [2.05, 4.69) is 4.57 Å². The maximum absolute atomic E-state index is 13.3. The second-order valence-electron chi connectivity index (χ2n) is 11.7. The molecule has 0 saturated carbocycles. The van der Waals surface area contributed by atoms with Gasteiger partial charge in [-0.05, 0) is 67.8 Å². The Bertz CT molecular complexity index is 1650. The summed E-state index contributed by atoms with van der Waals surface area (Å²) in [7, 11) is 1.55. The van der Waals surface area contributed by atoms with Gasteiger partial charge in [0.15, 0.2) is 0 Å². The van der Waals surface area contributed by atoms with E-state index in [0.717, 1.165) is 39.0 Å². The Labute approximate surface area is 239 Å². The molecule has 4 aromatic rings. The minimum atomic E-state index is -0.571. The summed E-state index contributed by atoms with van der Waals surface area (Å²) in [6.45, 7) is 7.26. The van der Waals surface area contributed by atoms with Crippen molar-refractivity contribution in [2.45, 2.75) is 52.0 Å². The van der Waals surface area contributed by atoms with Crippen molar-refractivity contribution in [2.24, 2.45) is 0 Å². The molecule has 8 heteroatoms. The first-order valence-electron chi connectivity index (χ1n) is 13.8. The number of urea groups is 1. The number of aromatic nitrogens is 1. The van der Waals surface area contributed by atoms with Gasteiger partial charge in [-0.3, -0.25) is 9.69 Å². The molecule has 0 spiro atoms. The van der Waals surface area contributed by atoms with Crippen molar-refractivity contribution < 1.29 is 23.9 Å². The van der Waals surface area contributed by atoms with Crippen LogP contribution in [0.15, 0.2) is 72.8 Å². The number of ether oxygens (including phenoxy) is 2. The summed E-state index contributed by atoms with van der Waals surface area (Å²) in [5.74, 6) is -0.275. The fraction of sp³-hybridized carbons (Fsp3) is 0.303. The summed E-state index contributed by atoms with van der Waals surface area (Å²) in [5, 5.41) is 0.955. The average molecular weight is 552 g/mol. The van der Waals surface area contributed by atoms with Crippen LogP contribution >= 0.6 is 0 Å². The number of rotatable bonds is 6. The first-order chi connectivity index (χ1) is 19.6. The number of nitrogens with zero attached hydrogens (tertiary/aromatic N) is 3. The lowest BCUT2D eigenvalue weighted by atomic mass is 9.89. The Hall–Kier alpha value is -4.59. The molecule has 6 rings (SSSR count). The molecule has 3 amide bonds. The van der Waals surface area contributed by atoms with Gasteiger partial charge in [0, 0.05) is 36.7 Å². The Morgan fingerprint density at radius 1 is 0.951 bits per heavy atom. The number of fused-ring (bicyclic) bond motifs is 6. The maximum Gasteiger partial charge on any atom is 0.338 e. The van der Waals surface area contributed by atoms with Crippen LogP contribution in [0.4, 0.5) is 4.79 Å². The molecular weight excluding hydrogens is 518 g/mol. The number of hydrogen-bond donors (Lipinski definition) is 0. The van der Waals surface area contributed by atoms with Crippen LogP contribution in [0.3, 0.4) is 0 Å². The van der Waals surface area contributed by atoms with Crippen molar-refractivity contribution in [1.29, 1.82) is 0 Å². The molecule has 1 saturated heterocycles. The fourth-order valence-electron chi connectivity index (χ4n) is 5.69. The van der Waals surface area contributed by atoms with Crippen LogP contribution in [-0.4, -0.2) is 51.5 Å². The van der Waals surface area contributed by atoms with E-state index in [9.17, 15) is 14.4 Å². The number of esters is 1. The van der Waals surface area contributed by atoms with Gasteiger partial charge >= 0.3 is 12.0 Å². The lowest BCUT2D eigenvalue weighted by Gasteiger charge is -2.41. The van der Waals surface area contributed by atoms with Crippen molar-refractivity contribution >= 4 is 28.8 Å². The van der Waals surface area contributed by atoms with E-state index in [4.69, 9.17) is 9.47 Å². The zero-order chi connectivity index (χ0) is 28.9. The molecule has 3 aromatic carbocycles. The number of carbonyl (C=O) groups excluding carboxylic acids is 3. The number of imide groups is 1. The van der Waals surface area contributed by atoms with Gasteiger partial charge in [-0.25, -0.2) is 9.59 Å². The Balaban J connectivity index is 1.38. The number of carbonyl (C=O) groups is 3. The average Bonchev–Trinajstić information content (AvgIpc) is 3.26. The highest BCUT2D eigenvalue weighted by atomic mass is 16.6. The summed E-state index contributed by atoms with van der Waals surface area (Å²) in [4.78, 5) is 41.7. The minimum Gasteiger partial charge on any atom is -0.489 e. The van der Waals surface area contributed by atoms with E-state index < -0.39 is 11.5 Å². The molecule has 2 bridgehead atoms. The predicted octanol–water partition coefficient (Wildman–Crippen LogP) is 5.72. The molecule has 0 N–H and O–H groups in total. The number of benzene rings is 3. The fourth-order valence-corrected chi connectivity index (χ4v) is 5.69. The highest BCUT2D eigenvalue weighted by Crippen LogP contribution is 2.42. The Morgan fingerprint density at radius 2 is 1.68 bits per heavy atom. The normalized spacial score (nSPS) is 16.6. The van der Waals surface area contributed by atoms with Crippen molar-refractivity contribution in [3.05, 3.63) is 101 Å². The van der Waals surface area contributed by atoms with Gasteiger partial charge in [-0.1, -0.05) is 42.5 Å². The van der Waals surface area contributed by atoms with Crippen LogP contribution in [0.25, 0.3) is 10.9 Å². The first-order valence-corrected chi connectivity index (χ1v) is 13.8. The highest BCUT2D eigenvalue weighted by Gasteiger charge is 2.44. The Kier molecular flexibility index (Phi) is 6.56. The number of likely N-dealkylation sites (N-methyl/N-ethyl adjacent to an activating group) is 1. The van der Waals surface area contributed by atoms with Gasteiger partial charge in [0.2, 0.25) is 5.91 Å². The molecule has 3 heterocycles. The standard InChI is InChI=1S/C33H33N3O5/c1-33(2,3)41-31(38)23-12-10-21(11-13-23)17-36-27-15-14-24(40-20-22-8-6-5-7-9-22)16-25(27)29-26-18-35(19-28(29)36)32(39)34(4)30(26)37/h5-16,26H,17-20H2,1-4H3/t26-/m0/s1. The van der Waals surface area contributed by atoms with Gasteiger partial charge < -0.3 is 18.9 Å². The van der Waals surface area contributed by atoms with E-state index in [1.54, 1.807) is 24.1 Å².